The van der Waals surface area contributed by atoms with Gasteiger partial charge in [0, 0.05) is 12.7 Å². The van der Waals surface area contributed by atoms with Crippen LogP contribution >= 0.6 is 0 Å². The van der Waals surface area contributed by atoms with Gasteiger partial charge in [0.05, 0.1) is 18.1 Å². The highest BCUT2D eigenvalue weighted by atomic mass is 16.3. The predicted octanol–water partition coefficient (Wildman–Crippen LogP) is 1.62. The van der Waals surface area contributed by atoms with Gasteiger partial charge in [-0.2, -0.15) is 0 Å². The summed E-state index contributed by atoms with van der Waals surface area (Å²) in [6.45, 7) is 5.44. The molecule has 4 nitrogen and oxygen atoms in total. The maximum atomic E-state index is 10.5. The molecular weight excluding hydrogens is 214 g/mol. The molecule has 1 saturated carbocycles. The Kier molecular flexibility index (Phi) is 2.35. The van der Waals surface area contributed by atoms with Crippen LogP contribution in [0.2, 0.25) is 0 Å². The molecule has 0 spiro atoms. The fourth-order valence-corrected chi connectivity index (χ4v) is 3.52. The number of imidazole rings is 1. The van der Waals surface area contributed by atoms with Gasteiger partial charge in [0.2, 0.25) is 0 Å². The maximum Gasteiger partial charge on any atom is 0.114 e. The Hall–Kier alpha value is -0.870. The van der Waals surface area contributed by atoms with Crippen LogP contribution in [-0.2, 0) is 6.54 Å². The van der Waals surface area contributed by atoms with Crippen molar-refractivity contribution < 1.29 is 5.11 Å². The minimum Gasteiger partial charge on any atom is -0.389 e. The zero-order chi connectivity index (χ0) is 12.2. The third-order valence-corrected chi connectivity index (χ3v) is 4.31. The first-order chi connectivity index (χ1) is 7.98. The third-order valence-electron chi connectivity index (χ3n) is 4.31. The van der Waals surface area contributed by atoms with E-state index in [0.717, 1.165) is 19.4 Å². The van der Waals surface area contributed by atoms with Crippen molar-refractivity contribution in [3.63, 3.8) is 0 Å². The summed E-state index contributed by atoms with van der Waals surface area (Å²) < 4.78 is 2.12. The minimum absolute atomic E-state index is 0.0774. The first kappa shape index (κ1) is 11.2. The van der Waals surface area contributed by atoms with Crippen molar-refractivity contribution in [3.05, 3.63) is 18.2 Å². The van der Waals surface area contributed by atoms with Crippen LogP contribution in [0.5, 0.6) is 0 Å². The number of aromatic nitrogens is 2. The van der Waals surface area contributed by atoms with Crippen molar-refractivity contribution in [1.82, 2.24) is 14.5 Å². The predicted molar refractivity (Wildman–Crippen MR) is 65.2 cm³/mol. The fourth-order valence-electron chi connectivity index (χ4n) is 3.52. The van der Waals surface area contributed by atoms with Gasteiger partial charge in [-0.3, -0.25) is 4.90 Å². The highest BCUT2D eigenvalue weighted by molar-refractivity contribution is 5.07. The second kappa shape index (κ2) is 3.56. The molecular formula is C13H21N3O. The molecule has 0 bridgehead atoms. The summed E-state index contributed by atoms with van der Waals surface area (Å²) in [7, 11) is 2.07. The number of nitrogens with zero attached hydrogens (tertiary/aromatic N) is 3. The van der Waals surface area contributed by atoms with Gasteiger partial charge in [-0.25, -0.2) is 4.98 Å². The van der Waals surface area contributed by atoms with Crippen molar-refractivity contribution in [2.45, 2.75) is 45.5 Å². The van der Waals surface area contributed by atoms with Gasteiger partial charge in [-0.1, -0.05) is 13.8 Å². The Bertz CT molecular complexity index is 418. The summed E-state index contributed by atoms with van der Waals surface area (Å²) >= 11 is 0. The van der Waals surface area contributed by atoms with Crippen molar-refractivity contribution in [2.75, 3.05) is 7.05 Å². The van der Waals surface area contributed by atoms with Crippen molar-refractivity contribution in [1.29, 1.82) is 0 Å². The molecule has 1 aliphatic carbocycles. The number of aliphatic hydroxyl groups is 1. The Balaban J connectivity index is 1.77. The molecule has 2 unspecified atom stereocenters. The van der Waals surface area contributed by atoms with Gasteiger partial charge in [-0.15, -0.1) is 0 Å². The normalized spacial score (nSPS) is 30.0. The molecule has 2 heterocycles. The SMILES string of the molecule is CN1Cc2cncn2C1C(O)C1CC(C)(C)C1. The molecule has 0 radical (unpaired) electrons. The number of likely N-dealkylation sites (N-methyl/N-ethyl adjacent to an activating group) is 1. The summed E-state index contributed by atoms with van der Waals surface area (Å²) in [6, 6.07) is 0. The van der Waals surface area contributed by atoms with Gasteiger partial charge in [0.1, 0.15) is 6.17 Å². The number of fused-ring (bicyclic) bond motifs is 1. The zero-order valence-corrected chi connectivity index (χ0v) is 10.8. The molecule has 0 amide bonds. The average Bonchev–Trinajstić information content (AvgIpc) is 2.72. The lowest BCUT2D eigenvalue weighted by Crippen LogP contribution is -2.45. The summed E-state index contributed by atoms with van der Waals surface area (Å²) in [5, 5.41) is 10.5. The summed E-state index contributed by atoms with van der Waals surface area (Å²) in [5.74, 6) is 0.436. The standard InChI is InChI=1S/C13H21N3O/c1-13(2)4-9(5-13)11(17)12-15(3)7-10-6-14-8-16(10)12/h6,8-9,11-12,17H,4-5,7H2,1-3H3. The van der Waals surface area contributed by atoms with E-state index in [4.69, 9.17) is 0 Å². The largest absolute Gasteiger partial charge is 0.389 e. The van der Waals surface area contributed by atoms with Crippen LogP contribution in [0.4, 0.5) is 0 Å². The van der Waals surface area contributed by atoms with Crippen molar-refractivity contribution in [2.24, 2.45) is 11.3 Å². The van der Waals surface area contributed by atoms with Gasteiger partial charge in [-0.05, 0) is 31.2 Å². The molecule has 4 heteroatoms. The van der Waals surface area contributed by atoms with E-state index in [9.17, 15) is 5.11 Å². The van der Waals surface area contributed by atoms with Crippen LogP contribution in [0.3, 0.4) is 0 Å². The number of rotatable bonds is 2. The van der Waals surface area contributed by atoms with E-state index < -0.39 is 0 Å². The van der Waals surface area contributed by atoms with E-state index >= 15 is 0 Å². The molecule has 17 heavy (non-hydrogen) atoms. The lowest BCUT2D eigenvalue weighted by atomic mass is 9.62. The fraction of sp³-hybridized carbons (Fsp3) is 0.769. The Morgan fingerprint density at radius 2 is 2.18 bits per heavy atom. The lowest BCUT2D eigenvalue weighted by molar-refractivity contribution is -0.0692. The molecule has 2 aliphatic rings. The van der Waals surface area contributed by atoms with Gasteiger partial charge in [0.15, 0.2) is 0 Å². The molecule has 1 aliphatic heterocycles. The Labute approximate surface area is 102 Å². The highest BCUT2D eigenvalue weighted by Crippen LogP contribution is 2.49. The van der Waals surface area contributed by atoms with E-state index in [-0.39, 0.29) is 12.3 Å². The quantitative estimate of drug-likeness (QED) is 0.847. The second-order valence-corrected chi connectivity index (χ2v) is 6.44. The molecule has 1 N–H and O–H groups in total. The van der Waals surface area contributed by atoms with E-state index in [1.807, 2.05) is 12.5 Å². The topological polar surface area (TPSA) is 41.3 Å². The second-order valence-electron chi connectivity index (χ2n) is 6.44. The molecule has 0 aromatic carbocycles. The molecule has 0 saturated heterocycles. The van der Waals surface area contributed by atoms with E-state index in [1.165, 1.54) is 5.69 Å². The molecule has 2 atom stereocenters. The molecule has 94 valence electrons. The van der Waals surface area contributed by atoms with E-state index in [0.29, 0.717) is 11.3 Å². The summed E-state index contributed by atoms with van der Waals surface area (Å²) in [6.07, 6.45) is 5.80. The van der Waals surface area contributed by atoms with Crippen LogP contribution < -0.4 is 0 Å². The van der Waals surface area contributed by atoms with Gasteiger partial charge in [0.25, 0.3) is 0 Å². The molecule has 1 aromatic rings. The number of hydrogen-bond acceptors (Lipinski definition) is 3. The lowest BCUT2D eigenvalue weighted by Gasteiger charge is -2.47. The van der Waals surface area contributed by atoms with Crippen LogP contribution in [0.1, 0.15) is 38.5 Å². The van der Waals surface area contributed by atoms with Crippen LogP contribution in [0.25, 0.3) is 0 Å². The maximum absolute atomic E-state index is 10.5. The van der Waals surface area contributed by atoms with Crippen molar-refractivity contribution in [3.8, 4) is 0 Å². The summed E-state index contributed by atoms with van der Waals surface area (Å²) in [5.41, 5.74) is 1.62. The Morgan fingerprint density at radius 3 is 2.82 bits per heavy atom. The molecule has 1 aromatic heterocycles. The third kappa shape index (κ3) is 1.70. The van der Waals surface area contributed by atoms with Gasteiger partial charge < -0.3 is 9.67 Å². The monoisotopic (exact) mass is 235 g/mol. The van der Waals surface area contributed by atoms with Crippen LogP contribution in [0, 0.1) is 11.3 Å². The van der Waals surface area contributed by atoms with Crippen molar-refractivity contribution >= 4 is 0 Å². The van der Waals surface area contributed by atoms with E-state index in [1.54, 1.807) is 0 Å². The zero-order valence-electron chi connectivity index (χ0n) is 10.8. The minimum atomic E-state index is -0.275. The highest BCUT2D eigenvalue weighted by Gasteiger charge is 2.45. The Morgan fingerprint density at radius 1 is 1.47 bits per heavy atom. The molecule has 3 rings (SSSR count). The van der Waals surface area contributed by atoms with Crippen LogP contribution in [-0.4, -0.2) is 32.7 Å². The van der Waals surface area contributed by atoms with Crippen LogP contribution in [0.15, 0.2) is 12.5 Å². The van der Waals surface area contributed by atoms with E-state index in [2.05, 4.69) is 35.3 Å². The van der Waals surface area contributed by atoms with Gasteiger partial charge >= 0.3 is 0 Å². The average molecular weight is 235 g/mol. The first-order valence-electron chi connectivity index (χ1n) is 6.37. The molecule has 1 fully saturated rings. The first-order valence-corrected chi connectivity index (χ1v) is 6.37. The number of aliphatic hydroxyl groups excluding tert-OH is 1. The number of hydrogen-bond donors (Lipinski definition) is 1. The summed E-state index contributed by atoms with van der Waals surface area (Å²) in [4.78, 5) is 6.38. The smallest absolute Gasteiger partial charge is 0.114 e.